The van der Waals surface area contributed by atoms with Crippen LogP contribution in [-0.4, -0.2) is 36.0 Å². The summed E-state index contributed by atoms with van der Waals surface area (Å²) in [7, 11) is 1.68. The van der Waals surface area contributed by atoms with Crippen LogP contribution < -0.4 is 0 Å². The highest BCUT2D eigenvalue weighted by Gasteiger charge is 2.19. The van der Waals surface area contributed by atoms with E-state index >= 15 is 0 Å². The van der Waals surface area contributed by atoms with Crippen molar-refractivity contribution in [3.63, 3.8) is 0 Å². The van der Waals surface area contributed by atoms with Gasteiger partial charge in [0.1, 0.15) is 5.60 Å². The lowest BCUT2D eigenvalue weighted by molar-refractivity contribution is 0.0295. The molecule has 0 aromatic heterocycles. The molecule has 0 spiro atoms. The first kappa shape index (κ1) is 16.2. The Balaban J connectivity index is 2.34. The minimum atomic E-state index is -0.495. The molecule has 0 aliphatic heterocycles. The first-order valence-corrected chi connectivity index (χ1v) is 6.82. The molecular formula is C16H23NO3. The number of rotatable bonds is 5. The Morgan fingerprint density at radius 2 is 1.75 bits per heavy atom. The van der Waals surface area contributed by atoms with Gasteiger partial charge in [0.15, 0.2) is 5.78 Å². The molecular weight excluding hydrogens is 254 g/mol. The van der Waals surface area contributed by atoms with Crippen LogP contribution in [0, 0.1) is 0 Å². The van der Waals surface area contributed by atoms with Crippen LogP contribution in [0.5, 0.6) is 0 Å². The Kier molecular flexibility index (Phi) is 5.74. The van der Waals surface area contributed by atoms with Gasteiger partial charge < -0.3 is 9.64 Å². The van der Waals surface area contributed by atoms with Crippen LogP contribution in [0.2, 0.25) is 0 Å². The molecule has 0 saturated carbocycles. The van der Waals surface area contributed by atoms with Crippen molar-refractivity contribution < 1.29 is 14.3 Å². The van der Waals surface area contributed by atoms with Crippen LogP contribution in [0.4, 0.5) is 4.79 Å². The first-order valence-electron chi connectivity index (χ1n) is 6.82. The molecule has 4 heteroatoms. The number of carbonyl (C=O) groups is 2. The van der Waals surface area contributed by atoms with Crippen LogP contribution >= 0.6 is 0 Å². The summed E-state index contributed by atoms with van der Waals surface area (Å²) in [5, 5.41) is 0. The largest absolute Gasteiger partial charge is 0.444 e. The summed E-state index contributed by atoms with van der Waals surface area (Å²) in [6.45, 7) is 6.00. The fourth-order valence-corrected chi connectivity index (χ4v) is 1.68. The molecule has 0 N–H and O–H groups in total. The number of ketones is 1. The van der Waals surface area contributed by atoms with E-state index < -0.39 is 5.60 Å². The monoisotopic (exact) mass is 277 g/mol. The number of hydrogen-bond acceptors (Lipinski definition) is 3. The molecule has 4 nitrogen and oxygen atoms in total. The summed E-state index contributed by atoms with van der Waals surface area (Å²) in [5.41, 5.74) is 0.220. The molecule has 0 heterocycles. The fourth-order valence-electron chi connectivity index (χ4n) is 1.68. The number of Topliss-reactive ketones (excluding diaryl/α,β-unsaturated/α-hetero) is 1. The number of hydrogen-bond donors (Lipinski definition) is 0. The summed E-state index contributed by atoms with van der Waals surface area (Å²) in [6, 6.07) is 9.19. The molecule has 1 rings (SSSR count). The van der Waals surface area contributed by atoms with Gasteiger partial charge in [0.05, 0.1) is 0 Å². The summed E-state index contributed by atoms with van der Waals surface area (Å²) in [5.74, 6) is 0.100. The van der Waals surface area contributed by atoms with E-state index in [4.69, 9.17) is 4.74 Å². The van der Waals surface area contributed by atoms with Crippen LogP contribution in [0.25, 0.3) is 0 Å². The molecule has 1 aromatic carbocycles. The second-order valence-corrected chi connectivity index (χ2v) is 5.79. The van der Waals surface area contributed by atoms with Crippen LogP contribution in [-0.2, 0) is 4.74 Å². The average Bonchev–Trinajstić information content (AvgIpc) is 2.37. The maximum atomic E-state index is 11.9. The van der Waals surface area contributed by atoms with Gasteiger partial charge in [-0.1, -0.05) is 30.3 Å². The molecule has 0 bridgehead atoms. The van der Waals surface area contributed by atoms with Gasteiger partial charge in [-0.3, -0.25) is 4.79 Å². The zero-order valence-electron chi connectivity index (χ0n) is 12.7. The van der Waals surface area contributed by atoms with Crippen molar-refractivity contribution in [1.29, 1.82) is 0 Å². The lowest BCUT2D eigenvalue weighted by atomic mass is 10.1. The zero-order valence-corrected chi connectivity index (χ0v) is 12.7. The van der Waals surface area contributed by atoms with Gasteiger partial charge in [0, 0.05) is 25.6 Å². The van der Waals surface area contributed by atoms with Gasteiger partial charge >= 0.3 is 6.09 Å². The summed E-state index contributed by atoms with van der Waals surface area (Å²) >= 11 is 0. The highest BCUT2D eigenvalue weighted by molar-refractivity contribution is 5.95. The standard InChI is InChI=1S/C16H23NO3/c1-16(2,3)20-15(19)17(4)12-8-11-14(18)13-9-6-5-7-10-13/h5-7,9-10H,8,11-12H2,1-4H3. The van der Waals surface area contributed by atoms with E-state index in [0.29, 0.717) is 24.9 Å². The number of benzene rings is 1. The Morgan fingerprint density at radius 3 is 2.30 bits per heavy atom. The van der Waals surface area contributed by atoms with E-state index in [1.807, 2.05) is 39.0 Å². The summed E-state index contributed by atoms with van der Waals surface area (Å²) < 4.78 is 5.24. The molecule has 20 heavy (non-hydrogen) atoms. The van der Waals surface area contributed by atoms with Gasteiger partial charge in [-0.2, -0.15) is 0 Å². The maximum absolute atomic E-state index is 11.9. The second-order valence-electron chi connectivity index (χ2n) is 5.79. The van der Waals surface area contributed by atoms with Crippen molar-refractivity contribution in [3.8, 4) is 0 Å². The molecule has 0 unspecified atom stereocenters. The van der Waals surface area contributed by atoms with Crippen molar-refractivity contribution in [2.24, 2.45) is 0 Å². The van der Waals surface area contributed by atoms with Crippen LogP contribution in [0.3, 0.4) is 0 Å². The molecule has 0 aliphatic carbocycles. The maximum Gasteiger partial charge on any atom is 0.410 e. The Bertz CT molecular complexity index is 449. The Labute approximate surface area is 120 Å². The van der Waals surface area contributed by atoms with Crippen molar-refractivity contribution >= 4 is 11.9 Å². The smallest absolute Gasteiger partial charge is 0.410 e. The van der Waals surface area contributed by atoms with Crippen LogP contribution in [0.15, 0.2) is 30.3 Å². The van der Waals surface area contributed by atoms with E-state index in [2.05, 4.69) is 0 Å². The lowest BCUT2D eigenvalue weighted by Crippen LogP contribution is -2.34. The van der Waals surface area contributed by atoms with E-state index in [-0.39, 0.29) is 11.9 Å². The molecule has 0 saturated heterocycles. The number of amides is 1. The minimum absolute atomic E-state index is 0.100. The van der Waals surface area contributed by atoms with Crippen molar-refractivity contribution in [3.05, 3.63) is 35.9 Å². The third-order valence-corrected chi connectivity index (χ3v) is 2.70. The van der Waals surface area contributed by atoms with Gasteiger partial charge in [-0.25, -0.2) is 4.79 Å². The van der Waals surface area contributed by atoms with Crippen molar-refractivity contribution in [2.75, 3.05) is 13.6 Å². The minimum Gasteiger partial charge on any atom is -0.444 e. The highest BCUT2D eigenvalue weighted by atomic mass is 16.6. The van der Waals surface area contributed by atoms with Gasteiger partial charge in [-0.05, 0) is 27.2 Å². The zero-order chi connectivity index (χ0) is 15.2. The third kappa shape index (κ3) is 5.87. The number of carbonyl (C=O) groups excluding carboxylic acids is 2. The Hall–Kier alpha value is -1.84. The van der Waals surface area contributed by atoms with E-state index in [0.717, 1.165) is 0 Å². The third-order valence-electron chi connectivity index (χ3n) is 2.70. The average molecular weight is 277 g/mol. The van der Waals surface area contributed by atoms with Gasteiger partial charge in [0.2, 0.25) is 0 Å². The molecule has 110 valence electrons. The predicted octanol–water partition coefficient (Wildman–Crippen LogP) is 3.52. The lowest BCUT2D eigenvalue weighted by Gasteiger charge is -2.24. The SMILES string of the molecule is CN(CCCC(=O)c1ccccc1)C(=O)OC(C)(C)C. The number of nitrogens with zero attached hydrogens (tertiary/aromatic N) is 1. The van der Waals surface area contributed by atoms with Gasteiger partial charge in [-0.15, -0.1) is 0 Å². The molecule has 0 atom stereocenters. The fraction of sp³-hybridized carbons (Fsp3) is 0.500. The quantitative estimate of drug-likeness (QED) is 0.774. The Morgan fingerprint density at radius 1 is 1.15 bits per heavy atom. The topological polar surface area (TPSA) is 46.6 Å². The molecule has 1 amide bonds. The van der Waals surface area contributed by atoms with Crippen LogP contribution in [0.1, 0.15) is 44.0 Å². The normalized spacial score (nSPS) is 11.0. The highest BCUT2D eigenvalue weighted by Crippen LogP contribution is 2.10. The predicted molar refractivity (Wildman–Crippen MR) is 78.9 cm³/mol. The number of ether oxygens (including phenoxy) is 1. The van der Waals surface area contributed by atoms with E-state index in [1.54, 1.807) is 19.2 Å². The van der Waals surface area contributed by atoms with E-state index in [1.165, 1.54) is 4.90 Å². The second kappa shape index (κ2) is 7.08. The molecule has 0 radical (unpaired) electrons. The molecule has 1 aromatic rings. The summed E-state index contributed by atoms with van der Waals surface area (Å²) in [6.07, 6.45) is 0.699. The van der Waals surface area contributed by atoms with E-state index in [9.17, 15) is 9.59 Å². The molecule has 0 fully saturated rings. The first-order chi connectivity index (χ1) is 9.29. The van der Waals surface area contributed by atoms with Gasteiger partial charge in [0.25, 0.3) is 0 Å². The molecule has 0 aliphatic rings. The van der Waals surface area contributed by atoms with Crippen molar-refractivity contribution in [2.45, 2.75) is 39.2 Å². The summed E-state index contributed by atoms with van der Waals surface area (Å²) in [4.78, 5) is 25.1. The van der Waals surface area contributed by atoms with Crippen molar-refractivity contribution in [1.82, 2.24) is 4.90 Å².